The number of benzene rings is 4. The summed E-state index contributed by atoms with van der Waals surface area (Å²) in [4.78, 5) is 81.5. The molecule has 4 amide bonds. The van der Waals surface area contributed by atoms with Gasteiger partial charge in [0.05, 0.1) is 71.9 Å². The van der Waals surface area contributed by atoms with Crippen LogP contribution in [0.3, 0.4) is 0 Å². The van der Waals surface area contributed by atoms with E-state index in [0.717, 1.165) is 34.1 Å². The SMILES string of the molecule is COc1cc2c(cc1OCCCOc1cc3c(cc1OC)C(=O)N1CCC[C@H]1[C@H](O)N3C(=O)OCc1ccc(O)c([N+](=O)[O-])c1)N(C(=O)OCc1ccc(O)c([N+](=O)[O-])c1)[C@H](O)[C@H]1CCCN1C2=O. The van der Waals surface area contributed by atoms with Gasteiger partial charge < -0.3 is 58.6 Å². The van der Waals surface area contributed by atoms with Crippen LogP contribution in [0.2, 0.25) is 0 Å². The predicted molar refractivity (Wildman–Crippen MR) is 237 cm³/mol. The van der Waals surface area contributed by atoms with Crippen LogP contribution < -0.4 is 28.7 Å². The van der Waals surface area contributed by atoms with E-state index in [-0.39, 0.29) is 76.3 Å². The number of phenols is 2. The smallest absolute Gasteiger partial charge is 0.416 e. The van der Waals surface area contributed by atoms with Crippen molar-refractivity contribution in [3.05, 3.63) is 103 Å². The Morgan fingerprint density at radius 3 is 1.42 bits per heavy atom. The molecule has 364 valence electrons. The van der Waals surface area contributed by atoms with Crippen molar-refractivity contribution in [2.45, 2.75) is 69.9 Å². The largest absolute Gasteiger partial charge is 0.502 e. The fourth-order valence-corrected chi connectivity index (χ4v) is 8.91. The predicted octanol–water partition coefficient (Wildman–Crippen LogP) is 4.94. The fourth-order valence-electron chi connectivity index (χ4n) is 8.91. The number of ether oxygens (including phenoxy) is 6. The average molecular weight is 959 g/mol. The number of aliphatic hydroxyl groups excluding tert-OH is 2. The van der Waals surface area contributed by atoms with Crippen LogP contribution in [0, 0.1) is 20.2 Å². The number of aromatic hydroxyl groups is 2. The van der Waals surface area contributed by atoms with Crippen molar-refractivity contribution in [2.24, 2.45) is 0 Å². The number of carbonyl (C=O) groups excluding carboxylic acids is 4. The first-order chi connectivity index (χ1) is 33.1. The molecule has 4 aliphatic heterocycles. The van der Waals surface area contributed by atoms with Gasteiger partial charge in [0, 0.05) is 43.8 Å². The lowest BCUT2D eigenvalue weighted by atomic mass is 10.1. The van der Waals surface area contributed by atoms with Crippen LogP contribution >= 0.6 is 0 Å². The molecule has 0 aliphatic carbocycles. The molecule has 4 aliphatic rings. The summed E-state index contributed by atoms with van der Waals surface area (Å²) in [5.74, 6) is -1.75. The quantitative estimate of drug-likeness (QED) is 0.0739. The highest BCUT2D eigenvalue weighted by Gasteiger charge is 2.47. The maximum absolute atomic E-state index is 13.9. The standard InChI is InChI=1S/C45H46N6O18/c1-64-36-18-26-30(48(42(56)28-6-3-12-46(28)40(26)54)44(58)68-22-24-8-10-34(52)32(16-24)50(60)61)20-38(36)66-14-5-15-67-39-21-31-27(19-37(39)65-2)41(55)47-13-4-7-29(47)43(57)49(31)45(59)69-23-25-9-11-35(53)33(17-25)51(62)63/h8-11,16-21,28-29,42-43,52-53,56-57H,3-7,12-15,22-23H2,1-2H3/t28-,29+,42-,43+. The van der Waals surface area contributed by atoms with E-state index in [9.17, 15) is 59.8 Å². The number of nitro groups is 2. The number of hydrogen-bond acceptors (Lipinski definition) is 18. The molecule has 4 aromatic rings. The Hall–Kier alpha value is -8.12. The van der Waals surface area contributed by atoms with Gasteiger partial charge in [-0.1, -0.05) is 12.1 Å². The Morgan fingerprint density at radius 2 is 1.04 bits per heavy atom. The third-order valence-corrected chi connectivity index (χ3v) is 12.3. The van der Waals surface area contributed by atoms with E-state index in [0.29, 0.717) is 38.8 Å². The highest BCUT2D eigenvalue weighted by atomic mass is 16.6. The molecule has 0 aromatic heterocycles. The number of fused-ring (bicyclic) bond motifs is 4. The lowest BCUT2D eigenvalue weighted by Crippen LogP contribution is -2.50. The molecule has 8 rings (SSSR count). The number of rotatable bonds is 14. The van der Waals surface area contributed by atoms with Gasteiger partial charge in [0.2, 0.25) is 0 Å². The molecule has 4 N–H and O–H groups in total. The van der Waals surface area contributed by atoms with E-state index in [1.807, 2.05) is 0 Å². The van der Waals surface area contributed by atoms with E-state index < -0.39 is 94.5 Å². The number of nitrogens with zero attached hydrogens (tertiary/aromatic N) is 6. The van der Waals surface area contributed by atoms with Crippen molar-refractivity contribution in [3.8, 4) is 34.5 Å². The molecular formula is C45H46N6O18. The molecular weight excluding hydrogens is 913 g/mol. The maximum Gasteiger partial charge on any atom is 0.416 e. The molecule has 2 fully saturated rings. The Bertz CT molecular complexity index is 2540. The normalized spacial score (nSPS) is 19.4. The van der Waals surface area contributed by atoms with Gasteiger partial charge in [0.1, 0.15) is 13.2 Å². The fraction of sp³-hybridized carbons (Fsp3) is 0.378. The second-order valence-corrected chi connectivity index (χ2v) is 16.3. The Kier molecular flexibility index (Phi) is 13.5. The lowest BCUT2D eigenvalue weighted by Gasteiger charge is -2.31. The van der Waals surface area contributed by atoms with E-state index in [1.54, 1.807) is 0 Å². The summed E-state index contributed by atoms with van der Waals surface area (Å²) >= 11 is 0. The highest BCUT2D eigenvalue weighted by molar-refractivity contribution is 6.07. The Labute approximate surface area is 391 Å². The molecule has 4 atom stereocenters. The van der Waals surface area contributed by atoms with Gasteiger partial charge >= 0.3 is 23.6 Å². The third kappa shape index (κ3) is 9.17. The molecule has 0 saturated carbocycles. The summed E-state index contributed by atoms with van der Waals surface area (Å²) in [7, 11) is 2.70. The van der Waals surface area contributed by atoms with Gasteiger partial charge in [-0.15, -0.1) is 0 Å². The van der Waals surface area contributed by atoms with Crippen LogP contribution in [-0.4, -0.2) is 129 Å². The number of carbonyl (C=O) groups is 4. The first kappa shape index (κ1) is 47.4. The van der Waals surface area contributed by atoms with Crippen molar-refractivity contribution in [2.75, 3.05) is 50.3 Å². The zero-order valence-corrected chi connectivity index (χ0v) is 37.0. The van der Waals surface area contributed by atoms with E-state index in [2.05, 4.69) is 0 Å². The molecule has 4 aromatic carbocycles. The molecule has 0 unspecified atom stereocenters. The van der Waals surface area contributed by atoms with Crippen molar-refractivity contribution < 1.29 is 77.9 Å². The topological polar surface area (TPSA) is 304 Å². The van der Waals surface area contributed by atoms with Gasteiger partial charge in [-0.05, 0) is 61.1 Å². The van der Waals surface area contributed by atoms with Crippen molar-refractivity contribution in [3.63, 3.8) is 0 Å². The van der Waals surface area contributed by atoms with E-state index in [4.69, 9.17) is 28.4 Å². The highest BCUT2D eigenvalue weighted by Crippen LogP contribution is 2.44. The molecule has 0 bridgehead atoms. The van der Waals surface area contributed by atoms with Crippen molar-refractivity contribution in [1.82, 2.24) is 9.80 Å². The van der Waals surface area contributed by atoms with E-state index in [1.165, 1.54) is 60.4 Å². The van der Waals surface area contributed by atoms with Gasteiger partial charge in [-0.25, -0.2) is 19.4 Å². The van der Waals surface area contributed by atoms with Crippen LogP contribution in [-0.2, 0) is 22.7 Å². The van der Waals surface area contributed by atoms with Crippen molar-refractivity contribution in [1.29, 1.82) is 0 Å². The van der Waals surface area contributed by atoms with Crippen molar-refractivity contribution >= 4 is 46.8 Å². The number of phenolic OH excluding ortho intramolecular Hbond substituents is 2. The summed E-state index contributed by atoms with van der Waals surface area (Å²) in [6.07, 6.45) is -3.26. The van der Waals surface area contributed by atoms with Crippen LogP contribution in [0.5, 0.6) is 34.5 Å². The molecule has 69 heavy (non-hydrogen) atoms. The van der Waals surface area contributed by atoms with Gasteiger partial charge in [0.15, 0.2) is 47.0 Å². The zero-order valence-electron chi connectivity index (χ0n) is 37.0. The molecule has 24 nitrogen and oxygen atoms in total. The summed E-state index contributed by atoms with van der Waals surface area (Å²) < 4.78 is 34.4. The van der Waals surface area contributed by atoms with E-state index >= 15 is 0 Å². The Balaban J connectivity index is 1.00. The van der Waals surface area contributed by atoms with Crippen LogP contribution in [0.25, 0.3) is 0 Å². The Morgan fingerprint density at radius 1 is 0.638 bits per heavy atom. The first-order valence-corrected chi connectivity index (χ1v) is 21.6. The number of aliphatic hydroxyl groups is 2. The summed E-state index contributed by atoms with van der Waals surface area (Å²) in [6.45, 7) is -0.462. The summed E-state index contributed by atoms with van der Waals surface area (Å²) in [5, 5.41) is 65.8. The van der Waals surface area contributed by atoms with Gasteiger partial charge in [0.25, 0.3) is 11.8 Å². The minimum absolute atomic E-state index is 0.00444. The summed E-state index contributed by atoms with van der Waals surface area (Å²) in [6, 6.07) is 10.8. The number of methoxy groups -OCH3 is 2. The maximum atomic E-state index is 13.9. The number of hydrogen-bond donors (Lipinski definition) is 4. The minimum atomic E-state index is -1.57. The van der Waals surface area contributed by atoms with Crippen LogP contribution in [0.1, 0.15) is 63.9 Å². The first-order valence-electron chi connectivity index (χ1n) is 21.6. The number of amides is 4. The van der Waals surface area contributed by atoms with Crippen LogP contribution in [0.15, 0.2) is 60.7 Å². The van der Waals surface area contributed by atoms with Gasteiger partial charge in [-0.2, -0.15) is 0 Å². The molecule has 4 heterocycles. The van der Waals surface area contributed by atoms with Gasteiger partial charge in [-0.3, -0.25) is 29.8 Å². The zero-order chi connectivity index (χ0) is 49.3. The molecule has 0 radical (unpaired) electrons. The molecule has 0 spiro atoms. The lowest BCUT2D eigenvalue weighted by molar-refractivity contribution is -0.386. The van der Waals surface area contributed by atoms with Crippen LogP contribution in [0.4, 0.5) is 32.3 Å². The second kappa shape index (κ2) is 19.6. The monoisotopic (exact) mass is 958 g/mol. The molecule has 24 heteroatoms. The number of anilines is 2. The molecule has 2 saturated heterocycles. The summed E-state index contributed by atoms with van der Waals surface area (Å²) in [5.41, 5.74) is -0.971. The third-order valence-electron chi connectivity index (χ3n) is 12.3. The number of nitro benzene ring substituents is 2. The minimum Gasteiger partial charge on any atom is -0.502 e. The average Bonchev–Trinajstić information content (AvgIpc) is 4.01. The second-order valence-electron chi connectivity index (χ2n) is 16.3.